The molecule has 0 radical (unpaired) electrons. The fourth-order valence-corrected chi connectivity index (χ4v) is 5.18. The van der Waals surface area contributed by atoms with Crippen molar-refractivity contribution >= 4 is 12.0 Å². The third kappa shape index (κ3) is 3.01. The summed E-state index contributed by atoms with van der Waals surface area (Å²) >= 11 is 0. The number of urea groups is 1. The van der Waals surface area contributed by atoms with Gasteiger partial charge in [-0.15, -0.1) is 0 Å². The number of carbonyl (C=O) groups is 2. The van der Waals surface area contributed by atoms with Crippen molar-refractivity contribution in [2.45, 2.75) is 63.3 Å². The molecule has 0 aromatic rings. The number of carboxylic acid groups (broad SMARTS) is 1. The lowest BCUT2D eigenvalue weighted by molar-refractivity contribution is -0.186. The van der Waals surface area contributed by atoms with Crippen LogP contribution in [-0.2, 0) is 14.3 Å². The Kier molecular flexibility index (Phi) is 4.40. The Bertz CT molecular complexity index is 548. The summed E-state index contributed by atoms with van der Waals surface area (Å²) in [5.41, 5.74) is -0.726. The Hall–Kier alpha value is -1.34. The zero-order valence-corrected chi connectivity index (χ0v) is 14.7. The van der Waals surface area contributed by atoms with Crippen LogP contribution in [0, 0.1) is 11.3 Å². The molecular formula is C18H28N2O5. The maximum Gasteiger partial charge on any atom is 0.317 e. The predicted octanol–water partition coefficient (Wildman–Crippen LogP) is 1.96. The number of fused-ring (bicyclic) bond motifs is 1. The van der Waals surface area contributed by atoms with E-state index in [1.54, 1.807) is 4.90 Å². The molecule has 1 spiro atoms. The largest absolute Gasteiger partial charge is 0.481 e. The van der Waals surface area contributed by atoms with Crippen LogP contribution in [0.4, 0.5) is 4.79 Å². The molecular weight excluding hydrogens is 324 g/mol. The van der Waals surface area contributed by atoms with E-state index in [0.29, 0.717) is 32.7 Å². The minimum atomic E-state index is -0.753. The van der Waals surface area contributed by atoms with Crippen molar-refractivity contribution in [2.75, 3.05) is 26.2 Å². The maximum absolute atomic E-state index is 12.5. The summed E-state index contributed by atoms with van der Waals surface area (Å²) in [5.74, 6) is -1.09. The molecule has 0 bridgehead atoms. The number of carbonyl (C=O) groups excluding carboxylic acids is 1. The fourth-order valence-electron chi connectivity index (χ4n) is 5.18. The first-order valence-corrected chi connectivity index (χ1v) is 9.61. The second-order valence-electron chi connectivity index (χ2n) is 8.14. The molecule has 2 heterocycles. The van der Waals surface area contributed by atoms with Gasteiger partial charge in [-0.2, -0.15) is 0 Å². The Balaban J connectivity index is 1.28. The molecule has 140 valence electrons. The zero-order valence-electron chi connectivity index (χ0n) is 14.7. The average Bonchev–Trinajstić information content (AvgIpc) is 3.26. The van der Waals surface area contributed by atoms with Gasteiger partial charge in [0.1, 0.15) is 6.10 Å². The highest BCUT2D eigenvalue weighted by Gasteiger charge is 2.55. The topological polar surface area (TPSA) is 88.1 Å². The highest BCUT2D eigenvalue weighted by atomic mass is 16.7. The van der Waals surface area contributed by atoms with E-state index >= 15 is 0 Å². The highest BCUT2D eigenvalue weighted by Crippen LogP contribution is 2.48. The summed E-state index contributed by atoms with van der Waals surface area (Å²) in [4.78, 5) is 25.9. The monoisotopic (exact) mass is 352 g/mol. The second kappa shape index (κ2) is 6.43. The quantitative estimate of drug-likeness (QED) is 0.811. The molecule has 0 aromatic heterocycles. The molecule has 7 heteroatoms. The number of rotatable bonds is 3. The van der Waals surface area contributed by atoms with Crippen LogP contribution in [-0.4, -0.2) is 60.1 Å². The van der Waals surface area contributed by atoms with Crippen LogP contribution < -0.4 is 5.32 Å². The van der Waals surface area contributed by atoms with E-state index in [9.17, 15) is 14.7 Å². The van der Waals surface area contributed by atoms with Gasteiger partial charge in [-0.3, -0.25) is 4.79 Å². The van der Waals surface area contributed by atoms with Crippen molar-refractivity contribution < 1.29 is 24.2 Å². The number of aliphatic carboxylic acids is 1. The highest BCUT2D eigenvalue weighted by molar-refractivity contribution is 5.80. The number of ether oxygens (including phenoxy) is 2. The number of carboxylic acids is 1. The van der Waals surface area contributed by atoms with Crippen LogP contribution in [0.25, 0.3) is 0 Å². The van der Waals surface area contributed by atoms with Crippen molar-refractivity contribution in [3.05, 3.63) is 0 Å². The van der Waals surface area contributed by atoms with Gasteiger partial charge in [0.2, 0.25) is 0 Å². The van der Waals surface area contributed by atoms with Crippen molar-refractivity contribution in [1.29, 1.82) is 0 Å². The minimum absolute atomic E-state index is 0.0901. The van der Waals surface area contributed by atoms with Crippen LogP contribution in [0.2, 0.25) is 0 Å². The summed E-state index contributed by atoms with van der Waals surface area (Å²) in [7, 11) is 0. The standard InChI is InChI=1S/C18H28N2O5/c21-15(22)17-6-4-5-13(17)10-20(12-17)16(23)19-9-14-11-24-18(25-14)7-2-1-3-8-18/h13-14H,1-12H2,(H,19,23)(H,21,22)/t13-,14?,17+/m0/s1. The number of nitrogens with zero attached hydrogens (tertiary/aromatic N) is 1. The van der Waals surface area contributed by atoms with Gasteiger partial charge in [0.25, 0.3) is 0 Å². The molecule has 2 saturated heterocycles. The predicted molar refractivity (Wildman–Crippen MR) is 89.0 cm³/mol. The summed E-state index contributed by atoms with van der Waals surface area (Å²) < 4.78 is 12.0. The first-order valence-electron chi connectivity index (χ1n) is 9.61. The first-order chi connectivity index (χ1) is 12.0. The van der Waals surface area contributed by atoms with Gasteiger partial charge >= 0.3 is 12.0 Å². The molecule has 4 fully saturated rings. The number of amides is 2. The molecule has 4 aliphatic rings. The number of nitrogens with one attached hydrogen (secondary N) is 1. The lowest BCUT2D eigenvalue weighted by Crippen LogP contribution is -2.44. The molecule has 2 saturated carbocycles. The van der Waals surface area contributed by atoms with Gasteiger partial charge in [0, 0.05) is 32.5 Å². The Labute approximate surface area is 148 Å². The van der Waals surface area contributed by atoms with Crippen LogP contribution in [0.15, 0.2) is 0 Å². The third-order valence-electron chi connectivity index (χ3n) is 6.59. The average molecular weight is 352 g/mol. The molecule has 1 unspecified atom stereocenters. The van der Waals surface area contributed by atoms with E-state index in [1.165, 1.54) is 6.42 Å². The zero-order chi connectivity index (χ0) is 17.5. The summed E-state index contributed by atoms with van der Waals surface area (Å²) in [6, 6.07) is -0.178. The van der Waals surface area contributed by atoms with Crippen LogP contribution >= 0.6 is 0 Å². The lowest BCUT2D eigenvalue weighted by Gasteiger charge is -2.31. The van der Waals surface area contributed by atoms with Gasteiger partial charge in [-0.1, -0.05) is 12.8 Å². The van der Waals surface area contributed by atoms with Crippen molar-refractivity contribution in [1.82, 2.24) is 10.2 Å². The molecule has 2 amide bonds. The number of hydrogen-bond acceptors (Lipinski definition) is 4. The summed E-state index contributed by atoms with van der Waals surface area (Å²) in [5, 5.41) is 12.5. The van der Waals surface area contributed by atoms with Gasteiger partial charge in [0.05, 0.1) is 12.0 Å². The van der Waals surface area contributed by atoms with E-state index < -0.39 is 17.2 Å². The SMILES string of the molecule is O=C(NCC1COC2(CCCCC2)O1)N1C[C@@H]2CCC[C@@]2(C(=O)O)C1. The maximum atomic E-state index is 12.5. The Morgan fingerprint density at radius 1 is 1.16 bits per heavy atom. The number of likely N-dealkylation sites (tertiary alicyclic amines) is 1. The normalized spacial score (nSPS) is 36.6. The Morgan fingerprint density at radius 2 is 1.96 bits per heavy atom. The van der Waals surface area contributed by atoms with Crippen molar-refractivity contribution in [2.24, 2.45) is 11.3 Å². The fraction of sp³-hybridized carbons (Fsp3) is 0.889. The minimum Gasteiger partial charge on any atom is -0.481 e. The molecule has 2 aliphatic carbocycles. The van der Waals surface area contributed by atoms with E-state index in [4.69, 9.17) is 9.47 Å². The van der Waals surface area contributed by atoms with Crippen LogP contribution in [0.5, 0.6) is 0 Å². The van der Waals surface area contributed by atoms with E-state index in [-0.39, 0.29) is 18.1 Å². The van der Waals surface area contributed by atoms with Gasteiger partial charge in [-0.25, -0.2) is 4.79 Å². The van der Waals surface area contributed by atoms with Gasteiger partial charge in [0.15, 0.2) is 5.79 Å². The number of hydrogen-bond donors (Lipinski definition) is 2. The Morgan fingerprint density at radius 3 is 2.68 bits per heavy atom. The van der Waals surface area contributed by atoms with E-state index in [1.807, 2.05) is 0 Å². The second-order valence-corrected chi connectivity index (χ2v) is 8.14. The van der Waals surface area contributed by atoms with E-state index in [0.717, 1.165) is 38.5 Å². The third-order valence-corrected chi connectivity index (χ3v) is 6.59. The molecule has 3 atom stereocenters. The molecule has 2 aliphatic heterocycles. The van der Waals surface area contributed by atoms with Crippen LogP contribution in [0.1, 0.15) is 51.4 Å². The first kappa shape index (κ1) is 17.1. The van der Waals surface area contributed by atoms with Crippen molar-refractivity contribution in [3.63, 3.8) is 0 Å². The summed E-state index contributed by atoms with van der Waals surface area (Å²) in [6.45, 7) is 1.80. The lowest BCUT2D eigenvalue weighted by atomic mass is 9.81. The van der Waals surface area contributed by atoms with E-state index in [2.05, 4.69) is 5.32 Å². The molecule has 25 heavy (non-hydrogen) atoms. The molecule has 2 N–H and O–H groups in total. The summed E-state index contributed by atoms with van der Waals surface area (Å²) in [6.07, 6.45) is 7.78. The molecule has 4 rings (SSSR count). The molecule has 7 nitrogen and oxygen atoms in total. The van der Waals surface area contributed by atoms with Gasteiger partial charge < -0.3 is 24.8 Å². The van der Waals surface area contributed by atoms with Crippen LogP contribution in [0.3, 0.4) is 0 Å². The van der Waals surface area contributed by atoms with Gasteiger partial charge in [-0.05, 0) is 31.6 Å². The smallest absolute Gasteiger partial charge is 0.317 e. The van der Waals surface area contributed by atoms with Crippen molar-refractivity contribution in [3.8, 4) is 0 Å². The molecule has 0 aromatic carbocycles.